The molecule has 156 valence electrons. The average Bonchev–Trinajstić information content (AvgIpc) is 3.49. The molecule has 0 bridgehead atoms. The van der Waals surface area contributed by atoms with Gasteiger partial charge in [-0.25, -0.2) is 4.79 Å². The Hall–Kier alpha value is -3.51. The van der Waals surface area contributed by atoms with Crippen LogP contribution in [0, 0.1) is 0 Å². The van der Waals surface area contributed by atoms with Crippen LogP contribution in [0.15, 0.2) is 84.4 Å². The number of fused-ring (bicyclic) bond motifs is 3. The van der Waals surface area contributed by atoms with E-state index in [0.29, 0.717) is 13.1 Å². The van der Waals surface area contributed by atoms with E-state index in [2.05, 4.69) is 45.7 Å². The van der Waals surface area contributed by atoms with Gasteiger partial charge in [-0.15, -0.1) is 11.3 Å². The number of nitrogens with one attached hydrogen (secondary N) is 1. The summed E-state index contributed by atoms with van der Waals surface area (Å²) in [6.45, 7) is 0.969. The van der Waals surface area contributed by atoms with E-state index in [9.17, 15) is 4.79 Å². The van der Waals surface area contributed by atoms with E-state index in [-0.39, 0.29) is 12.1 Å². The number of para-hydroxylation sites is 1. The largest absolute Gasteiger partial charge is 0.497 e. The normalized spacial score (nSPS) is 15.0. The highest BCUT2D eigenvalue weighted by atomic mass is 32.1. The Bertz CT molecular complexity index is 1200. The van der Waals surface area contributed by atoms with Crippen molar-refractivity contribution in [1.82, 2.24) is 14.8 Å². The summed E-state index contributed by atoms with van der Waals surface area (Å²) in [6.07, 6.45) is 2.08. The second kappa shape index (κ2) is 8.32. The first-order chi connectivity index (χ1) is 15.2. The van der Waals surface area contributed by atoms with E-state index < -0.39 is 0 Å². The minimum atomic E-state index is -0.160. The number of ether oxygens (including phenoxy) is 1. The summed E-state index contributed by atoms with van der Waals surface area (Å²) in [5, 5.41) is 5.18. The van der Waals surface area contributed by atoms with Gasteiger partial charge in [0, 0.05) is 17.6 Å². The van der Waals surface area contributed by atoms with Crippen molar-refractivity contribution < 1.29 is 9.53 Å². The van der Waals surface area contributed by atoms with Crippen LogP contribution in [0.2, 0.25) is 0 Å². The molecule has 0 fully saturated rings. The number of amides is 2. The minimum Gasteiger partial charge on any atom is -0.497 e. The highest BCUT2D eigenvalue weighted by Gasteiger charge is 2.33. The molecule has 31 heavy (non-hydrogen) atoms. The molecular formula is C25H23N3O2S. The van der Waals surface area contributed by atoms with Crippen LogP contribution in [0.4, 0.5) is 4.79 Å². The third-order valence-electron chi connectivity index (χ3n) is 5.62. The van der Waals surface area contributed by atoms with Gasteiger partial charge < -0.3 is 19.5 Å². The van der Waals surface area contributed by atoms with Gasteiger partial charge in [-0.05, 0) is 52.9 Å². The molecule has 4 aromatic rings. The zero-order valence-corrected chi connectivity index (χ0v) is 18.0. The Kier molecular flexibility index (Phi) is 5.22. The van der Waals surface area contributed by atoms with Gasteiger partial charge in [-0.2, -0.15) is 0 Å². The molecule has 0 radical (unpaired) electrons. The first kappa shape index (κ1) is 19.5. The number of rotatable bonds is 4. The van der Waals surface area contributed by atoms with Gasteiger partial charge in [0.2, 0.25) is 0 Å². The van der Waals surface area contributed by atoms with Gasteiger partial charge in [-0.3, -0.25) is 0 Å². The molecule has 1 aliphatic heterocycles. The molecule has 5 nitrogen and oxygen atoms in total. The Morgan fingerprint density at radius 1 is 1.10 bits per heavy atom. The van der Waals surface area contributed by atoms with E-state index in [0.717, 1.165) is 33.1 Å². The molecule has 0 spiro atoms. The topological polar surface area (TPSA) is 46.5 Å². The molecule has 0 saturated carbocycles. The molecule has 1 N–H and O–H groups in total. The monoisotopic (exact) mass is 429 g/mol. The number of thiophene rings is 1. The Balaban J connectivity index is 1.50. The molecule has 3 heterocycles. The quantitative estimate of drug-likeness (QED) is 0.475. The maximum absolute atomic E-state index is 13.5. The number of hydrogen-bond donors (Lipinski definition) is 1. The second-order valence-electron chi connectivity index (χ2n) is 7.49. The van der Waals surface area contributed by atoms with E-state index in [1.807, 2.05) is 53.4 Å². The number of aromatic nitrogens is 1. The maximum Gasteiger partial charge on any atom is 0.318 e. The minimum absolute atomic E-state index is 0.0920. The van der Waals surface area contributed by atoms with Crippen LogP contribution in [0.1, 0.15) is 27.7 Å². The van der Waals surface area contributed by atoms with Crippen LogP contribution in [0.25, 0.3) is 5.69 Å². The van der Waals surface area contributed by atoms with Crippen molar-refractivity contribution in [2.75, 3.05) is 7.11 Å². The Labute approximate surface area is 185 Å². The van der Waals surface area contributed by atoms with Crippen molar-refractivity contribution in [3.63, 3.8) is 0 Å². The van der Waals surface area contributed by atoms with Crippen molar-refractivity contribution in [3.8, 4) is 11.4 Å². The number of benzene rings is 2. The molecule has 0 saturated heterocycles. The van der Waals surface area contributed by atoms with Gasteiger partial charge in [0.05, 0.1) is 25.0 Å². The fourth-order valence-corrected chi connectivity index (χ4v) is 5.00. The summed E-state index contributed by atoms with van der Waals surface area (Å²) in [4.78, 5) is 16.6. The fraction of sp³-hybridized carbons (Fsp3) is 0.160. The molecular weight excluding hydrogens is 406 g/mol. The van der Waals surface area contributed by atoms with E-state index >= 15 is 0 Å². The van der Waals surface area contributed by atoms with Crippen molar-refractivity contribution in [2.45, 2.75) is 19.1 Å². The molecule has 2 aromatic carbocycles. The lowest BCUT2D eigenvalue weighted by molar-refractivity contribution is 0.181. The van der Waals surface area contributed by atoms with E-state index in [1.54, 1.807) is 18.4 Å². The molecule has 1 atom stereocenters. The number of carbonyl (C=O) groups excluding carboxylic acids is 1. The third kappa shape index (κ3) is 3.70. The Morgan fingerprint density at radius 2 is 2.00 bits per heavy atom. The SMILES string of the molecule is COc1cccc(CNC(=O)N2Cc3ccccc3-n3cccc3[C@H]2c2cccs2)c1. The van der Waals surface area contributed by atoms with Crippen molar-refractivity contribution in [1.29, 1.82) is 0 Å². The molecule has 2 aromatic heterocycles. The van der Waals surface area contributed by atoms with Gasteiger partial charge in [0.25, 0.3) is 0 Å². The average molecular weight is 430 g/mol. The lowest BCUT2D eigenvalue weighted by Gasteiger charge is -2.30. The number of methoxy groups -OCH3 is 1. The van der Waals surface area contributed by atoms with E-state index in [1.165, 1.54) is 0 Å². The Morgan fingerprint density at radius 3 is 2.84 bits per heavy atom. The molecule has 2 amide bonds. The summed E-state index contributed by atoms with van der Waals surface area (Å²) in [7, 11) is 1.65. The fourth-order valence-electron chi connectivity index (χ4n) is 4.15. The summed E-state index contributed by atoms with van der Waals surface area (Å²) in [5.74, 6) is 0.782. The summed E-state index contributed by atoms with van der Waals surface area (Å²) >= 11 is 1.67. The van der Waals surface area contributed by atoms with Gasteiger partial charge in [0.1, 0.15) is 11.8 Å². The van der Waals surface area contributed by atoms with Crippen LogP contribution in [0.5, 0.6) is 5.75 Å². The van der Waals surface area contributed by atoms with Gasteiger partial charge >= 0.3 is 6.03 Å². The number of urea groups is 1. The lowest BCUT2D eigenvalue weighted by atomic mass is 10.1. The number of carbonyl (C=O) groups is 1. The van der Waals surface area contributed by atoms with Crippen LogP contribution in [-0.4, -0.2) is 22.6 Å². The summed E-state index contributed by atoms with van der Waals surface area (Å²) in [6, 6.07) is 24.1. The van der Waals surface area contributed by atoms with Gasteiger partial charge in [0.15, 0.2) is 0 Å². The third-order valence-corrected chi connectivity index (χ3v) is 6.54. The standard InChI is InChI=1S/C25H23N3O2S/c1-30-20-9-4-7-18(15-20)16-26-25(29)28-17-19-8-2-3-10-21(19)27-13-5-11-22(27)24(28)23-12-6-14-31-23/h2-15,24H,16-17H2,1H3,(H,26,29)/t24-/m0/s1. The molecule has 5 rings (SSSR count). The predicted octanol–water partition coefficient (Wildman–Crippen LogP) is 5.36. The molecule has 1 aliphatic rings. The van der Waals surface area contributed by atoms with E-state index in [4.69, 9.17) is 4.74 Å². The van der Waals surface area contributed by atoms with Crippen molar-refractivity contribution in [2.24, 2.45) is 0 Å². The highest BCUT2D eigenvalue weighted by molar-refractivity contribution is 7.10. The van der Waals surface area contributed by atoms with Crippen LogP contribution in [-0.2, 0) is 13.1 Å². The van der Waals surface area contributed by atoms with Crippen molar-refractivity contribution in [3.05, 3.63) is 106 Å². The second-order valence-corrected chi connectivity index (χ2v) is 8.47. The van der Waals surface area contributed by atoms with Crippen LogP contribution < -0.4 is 10.1 Å². The smallest absolute Gasteiger partial charge is 0.318 e. The highest BCUT2D eigenvalue weighted by Crippen LogP contribution is 2.38. The van der Waals surface area contributed by atoms with Crippen molar-refractivity contribution >= 4 is 17.4 Å². The molecule has 0 unspecified atom stereocenters. The zero-order valence-electron chi connectivity index (χ0n) is 17.2. The molecule has 6 heteroatoms. The lowest BCUT2D eigenvalue weighted by Crippen LogP contribution is -2.41. The first-order valence-corrected chi connectivity index (χ1v) is 11.1. The number of hydrogen-bond acceptors (Lipinski definition) is 3. The zero-order chi connectivity index (χ0) is 21.2. The van der Waals surface area contributed by atoms with Crippen LogP contribution in [0.3, 0.4) is 0 Å². The number of nitrogens with zero attached hydrogens (tertiary/aromatic N) is 2. The summed E-state index contributed by atoms with van der Waals surface area (Å²) < 4.78 is 7.51. The van der Waals surface area contributed by atoms with Gasteiger partial charge in [-0.1, -0.05) is 36.4 Å². The van der Waals surface area contributed by atoms with Crippen LogP contribution >= 0.6 is 11.3 Å². The predicted molar refractivity (Wildman–Crippen MR) is 123 cm³/mol. The summed E-state index contributed by atoms with van der Waals surface area (Å²) in [5.41, 5.74) is 4.32. The maximum atomic E-state index is 13.5. The molecule has 0 aliphatic carbocycles. The first-order valence-electron chi connectivity index (χ1n) is 10.2.